The lowest BCUT2D eigenvalue weighted by Crippen LogP contribution is -2.27. The second kappa shape index (κ2) is 8.68. The van der Waals surface area contributed by atoms with Gasteiger partial charge in [-0.25, -0.2) is 4.39 Å². The zero-order chi connectivity index (χ0) is 21.5. The van der Waals surface area contributed by atoms with Crippen LogP contribution in [0.3, 0.4) is 0 Å². The maximum absolute atomic E-state index is 14.7. The molecular formula is C24H32F4O2. The number of halogens is 4. The number of ether oxygens (including phenoxy) is 2. The summed E-state index contributed by atoms with van der Waals surface area (Å²) in [6.45, 7) is 4.36. The van der Waals surface area contributed by atoms with E-state index in [2.05, 4.69) is 6.92 Å². The van der Waals surface area contributed by atoms with Gasteiger partial charge in [0.2, 0.25) is 0 Å². The minimum atomic E-state index is -4.80. The topological polar surface area (TPSA) is 21.8 Å². The van der Waals surface area contributed by atoms with Crippen molar-refractivity contribution < 1.29 is 27.0 Å². The van der Waals surface area contributed by atoms with Crippen molar-refractivity contribution in [3.8, 4) is 5.75 Å². The molecule has 6 heteroatoms. The summed E-state index contributed by atoms with van der Waals surface area (Å²) < 4.78 is 66.3. The molecule has 3 fully saturated rings. The van der Waals surface area contributed by atoms with Crippen molar-refractivity contribution in [2.45, 2.75) is 77.5 Å². The third-order valence-corrected chi connectivity index (χ3v) is 7.48. The molecule has 0 spiro atoms. The summed E-state index contributed by atoms with van der Waals surface area (Å²) in [4.78, 5) is 0. The van der Waals surface area contributed by atoms with Crippen molar-refractivity contribution in [3.63, 3.8) is 0 Å². The number of benzene rings is 1. The van der Waals surface area contributed by atoms with Gasteiger partial charge in [0.05, 0.1) is 13.2 Å². The normalized spacial score (nSPS) is 32.1. The largest absolute Gasteiger partial charge is 0.492 e. The Morgan fingerprint density at radius 1 is 1.00 bits per heavy atom. The zero-order valence-corrected chi connectivity index (χ0v) is 17.9. The molecule has 0 aromatic heterocycles. The van der Waals surface area contributed by atoms with Crippen LogP contribution < -0.4 is 4.74 Å². The van der Waals surface area contributed by atoms with Crippen molar-refractivity contribution in [2.24, 2.45) is 23.7 Å². The van der Waals surface area contributed by atoms with E-state index in [1.807, 2.05) is 0 Å². The molecule has 0 radical (unpaired) electrons. The second-order valence-electron chi connectivity index (χ2n) is 9.73. The van der Waals surface area contributed by atoms with Crippen molar-refractivity contribution in [1.29, 1.82) is 0 Å². The monoisotopic (exact) mass is 428 g/mol. The summed E-state index contributed by atoms with van der Waals surface area (Å²) in [6, 6.07) is 1.44. The predicted octanol–water partition coefficient (Wildman–Crippen LogP) is 7.24. The fourth-order valence-corrected chi connectivity index (χ4v) is 5.49. The molecule has 1 aromatic rings. The average molecular weight is 429 g/mol. The van der Waals surface area contributed by atoms with E-state index in [-0.39, 0.29) is 30.4 Å². The number of hydrogen-bond donors (Lipinski definition) is 0. The molecule has 2 saturated carbocycles. The third kappa shape index (κ3) is 4.79. The molecule has 30 heavy (non-hydrogen) atoms. The second-order valence-corrected chi connectivity index (χ2v) is 9.73. The molecular weight excluding hydrogens is 396 g/mol. The molecule has 0 N–H and O–H groups in total. The quantitative estimate of drug-likeness (QED) is 0.364. The van der Waals surface area contributed by atoms with E-state index >= 15 is 0 Å². The van der Waals surface area contributed by atoms with E-state index in [1.165, 1.54) is 31.7 Å². The summed E-state index contributed by atoms with van der Waals surface area (Å²) in [6.07, 6.45) is 4.12. The van der Waals surface area contributed by atoms with Crippen LogP contribution in [-0.2, 0) is 10.9 Å². The molecule has 1 aliphatic heterocycles. The number of rotatable bonds is 5. The summed E-state index contributed by atoms with van der Waals surface area (Å²) in [5, 5.41) is 0. The molecule has 1 atom stereocenters. The van der Waals surface area contributed by atoms with E-state index in [0.717, 1.165) is 43.4 Å². The van der Waals surface area contributed by atoms with Crippen molar-refractivity contribution in [2.75, 3.05) is 13.2 Å². The molecule has 0 amide bonds. The molecule has 1 saturated heterocycles. The number of hydrogen-bond acceptors (Lipinski definition) is 2. The van der Waals surface area contributed by atoms with Crippen molar-refractivity contribution in [1.82, 2.24) is 0 Å². The Bertz CT molecular complexity index is 741. The molecule has 3 aliphatic rings. The highest BCUT2D eigenvalue weighted by molar-refractivity contribution is 5.48. The molecule has 1 aromatic carbocycles. The lowest BCUT2D eigenvalue weighted by Gasteiger charge is -2.37. The Balaban J connectivity index is 1.39. The van der Waals surface area contributed by atoms with Gasteiger partial charge >= 0.3 is 6.18 Å². The van der Waals surface area contributed by atoms with E-state index in [1.54, 1.807) is 6.92 Å². The highest BCUT2D eigenvalue weighted by Crippen LogP contribution is 2.46. The number of epoxide rings is 1. The molecule has 1 heterocycles. The molecule has 4 rings (SSSR count). The first-order chi connectivity index (χ1) is 14.2. The molecule has 2 aliphatic carbocycles. The van der Waals surface area contributed by atoms with Gasteiger partial charge in [-0.1, -0.05) is 19.8 Å². The first-order valence-corrected chi connectivity index (χ1v) is 11.4. The van der Waals surface area contributed by atoms with Crippen LogP contribution in [0.5, 0.6) is 5.75 Å². The zero-order valence-electron chi connectivity index (χ0n) is 17.9. The first kappa shape index (κ1) is 21.9. The van der Waals surface area contributed by atoms with Crippen LogP contribution in [0.4, 0.5) is 17.6 Å². The predicted molar refractivity (Wildman–Crippen MR) is 107 cm³/mol. The Labute approximate surface area is 176 Å². The van der Waals surface area contributed by atoms with Gasteiger partial charge in [0.15, 0.2) is 0 Å². The average Bonchev–Trinajstić information content (AvgIpc) is 3.53. The van der Waals surface area contributed by atoms with Gasteiger partial charge in [0.1, 0.15) is 23.2 Å². The standard InChI is InChI=1S/C24H32F4O2/c1-14-3-7-17(8-4-14)18-9-5-16(6-10-18)12-30-23-15(2)11-19(20-13-29-20)22(25)21(23)24(26,27)28/h11,14,16-18,20H,3-10,12-13H2,1-2H3. The van der Waals surface area contributed by atoms with E-state index < -0.39 is 23.7 Å². The lowest BCUT2D eigenvalue weighted by molar-refractivity contribution is -0.141. The molecule has 0 bridgehead atoms. The van der Waals surface area contributed by atoms with Crippen molar-refractivity contribution in [3.05, 3.63) is 28.6 Å². The van der Waals surface area contributed by atoms with Gasteiger partial charge in [0, 0.05) is 5.56 Å². The van der Waals surface area contributed by atoms with Crippen LogP contribution in [0, 0.1) is 36.4 Å². The van der Waals surface area contributed by atoms with Gasteiger partial charge in [-0.2, -0.15) is 13.2 Å². The van der Waals surface area contributed by atoms with Crippen LogP contribution in [0.15, 0.2) is 6.07 Å². The summed E-state index contributed by atoms with van der Waals surface area (Å²) >= 11 is 0. The van der Waals surface area contributed by atoms with Crippen LogP contribution in [0.1, 0.15) is 81.1 Å². The fourth-order valence-electron chi connectivity index (χ4n) is 5.49. The summed E-state index contributed by atoms with van der Waals surface area (Å²) in [7, 11) is 0. The van der Waals surface area contributed by atoms with Gasteiger partial charge in [0.25, 0.3) is 0 Å². The third-order valence-electron chi connectivity index (χ3n) is 7.48. The van der Waals surface area contributed by atoms with Gasteiger partial charge < -0.3 is 9.47 Å². The van der Waals surface area contributed by atoms with E-state index in [0.29, 0.717) is 5.56 Å². The van der Waals surface area contributed by atoms with Crippen LogP contribution in [-0.4, -0.2) is 13.2 Å². The Morgan fingerprint density at radius 2 is 1.57 bits per heavy atom. The SMILES string of the molecule is Cc1cc(C2CO2)c(F)c(C(F)(F)F)c1OCC1CCC(C2CCC(C)CC2)CC1. The molecule has 2 nitrogen and oxygen atoms in total. The van der Waals surface area contributed by atoms with E-state index in [4.69, 9.17) is 9.47 Å². The Morgan fingerprint density at radius 3 is 2.10 bits per heavy atom. The molecule has 1 unspecified atom stereocenters. The first-order valence-electron chi connectivity index (χ1n) is 11.4. The van der Waals surface area contributed by atoms with Gasteiger partial charge in [-0.3, -0.25) is 0 Å². The lowest BCUT2D eigenvalue weighted by atomic mass is 9.69. The maximum Gasteiger partial charge on any atom is 0.422 e. The number of alkyl halides is 3. The van der Waals surface area contributed by atoms with Gasteiger partial charge in [-0.15, -0.1) is 0 Å². The summed E-state index contributed by atoms with van der Waals surface area (Å²) in [5.74, 6) is 1.03. The molecule has 168 valence electrons. The maximum atomic E-state index is 14.7. The highest BCUT2D eigenvalue weighted by atomic mass is 19.4. The Kier molecular flexibility index (Phi) is 6.34. The van der Waals surface area contributed by atoms with Gasteiger partial charge in [-0.05, 0) is 80.8 Å². The Hall–Kier alpha value is -1.30. The number of aryl methyl sites for hydroxylation is 1. The smallest absolute Gasteiger partial charge is 0.422 e. The van der Waals surface area contributed by atoms with Crippen LogP contribution >= 0.6 is 0 Å². The van der Waals surface area contributed by atoms with Crippen LogP contribution in [0.25, 0.3) is 0 Å². The highest BCUT2D eigenvalue weighted by Gasteiger charge is 2.42. The minimum Gasteiger partial charge on any atom is -0.492 e. The fraction of sp³-hybridized carbons (Fsp3) is 0.750. The van der Waals surface area contributed by atoms with E-state index in [9.17, 15) is 17.6 Å². The van der Waals surface area contributed by atoms with Crippen LogP contribution in [0.2, 0.25) is 0 Å². The minimum absolute atomic E-state index is 0.0190. The van der Waals surface area contributed by atoms with Crippen molar-refractivity contribution >= 4 is 0 Å². The summed E-state index contributed by atoms with van der Waals surface area (Å²) in [5.41, 5.74) is -0.980.